The van der Waals surface area contributed by atoms with E-state index in [-0.39, 0.29) is 5.91 Å². The normalized spacial score (nSPS) is 8.71. The van der Waals surface area contributed by atoms with Gasteiger partial charge in [0.15, 0.2) is 0 Å². The van der Waals surface area contributed by atoms with Gasteiger partial charge in [-0.15, -0.1) is 0 Å². The minimum absolute atomic E-state index is 0.291. The molecule has 0 aliphatic heterocycles. The summed E-state index contributed by atoms with van der Waals surface area (Å²) in [5.74, 6) is -0.291. The quantitative estimate of drug-likeness (QED) is 0.380. The van der Waals surface area contributed by atoms with Crippen molar-refractivity contribution >= 4 is 17.3 Å². The van der Waals surface area contributed by atoms with Gasteiger partial charge in [-0.3, -0.25) is 4.79 Å². The van der Waals surface area contributed by atoms with Crippen molar-refractivity contribution in [2.24, 2.45) is 0 Å². The molecule has 1 amide bonds. The van der Waals surface area contributed by atoms with Crippen LogP contribution < -0.4 is 16.4 Å². The van der Waals surface area contributed by atoms with Crippen molar-refractivity contribution in [3.8, 4) is 0 Å². The van der Waals surface area contributed by atoms with Gasteiger partial charge < -0.3 is 16.4 Å². The topological polar surface area (TPSA) is 67.2 Å². The van der Waals surface area contributed by atoms with Gasteiger partial charge in [0.2, 0.25) is 0 Å². The van der Waals surface area contributed by atoms with Crippen LogP contribution in [0.4, 0.5) is 11.4 Å². The molecular weight excluding hydrogens is 298 g/mol. The highest BCUT2D eigenvalue weighted by Gasteiger charge is 2.10. The van der Waals surface area contributed by atoms with Crippen LogP contribution in [0.15, 0.2) is 61.0 Å². The second-order valence-corrected chi connectivity index (χ2v) is 3.61. The maximum Gasteiger partial charge on any atom is 0.256 e. The van der Waals surface area contributed by atoms with Crippen molar-refractivity contribution in [2.75, 3.05) is 11.1 Å². The molecule has 0 unspecified atom stereocenters. The van der Waals surface area contributed by atoms with Gasteiger partial charge in [0.25, 0.3) is 5.91 Å². The molecule has 0 heterocycles. The molecule has 1 rings (SSSR count). The number of nitrogen functional groups attached to an aromatic ring is 1. The predicted molar refractivity (Wildman–Crippen MR) is 110 cm³/mol. The Balaban J connectivity index is -0.000000659. The van der Waals surface area contributed by atoms with E-state index in [2.05, 4.69) is 23.8 Å². The van der Waals surface area contributed by atoms with E-state index in [0.717, 1.165) is 5.69 Å². The Labute approximate surface area is 148 Å². The van der Waals surface area contributed by atoms with Gasteiger partial charge in [-0.2, -0.15) is 0 Å². The lowest BCUT2D eigenvalue weighted by Crippen LogP contribution is -2.21. The zero-order valence-corrected chi connectivity index (χ0v) is 16.4. The van der Waals surface area contributed by atoms with Crippen LogP contribution in [0, 0.1) is 0 Å². The summed E-state index contributed by atoms with van der Waals surface area (Å²) in [6, 6.07) is 7.22. The highest BCUT2D eigenvalue weighted by molar-refractivity contribution is 5.98. The molecule has 1 aromatic carbocycles. The first-order valence-electron chi connectivity index (χ1n) is 8.48. The minimum Gasteiger partial charge on any atom is -0.399 e. The zero-order chi connectivity index (χ0) is 19.5. The maximum absolute atomic E-state index is 11.6. The molecule has 0 saturated heterocycles. The predicted octanol–water partition coefficient (Wildman–Crippen LogP) is 5.48. The highest BCUT2D eigenvalue weighted by atomic mass is 16.1. The number of hydrogen-bond acceptors (Lipinski definition) is 3. The smallest absolute Gasteiger partial charge is 0.256 e. The van der Waals surface area contributed by atoms with E-state index in [9.17, 15) is 4.79 Å². The molecule has 0 bridgehead atoms. The van der Waals surface area contributed by atoms with Crippen LogP contribution in [-0.4, -0.2) is 5.91 Å². The average molecular weight is 334 g/mol. The molecule has 0 saturated carbocycles. The number of nitrogens with one attached hydrogen (secondary N) is 2. The molecule has 0 fully saturated rings. The second-order valence-electron chi connectivity index (χ2n) is 3.61. The molecule has 1 aromatic rings. The van der Waals surface area contributed by atoms with Gasteiger partial charge in [0.05, 0.1) is 5.57 Å². The first-order valence-corrected chi connectivity index (χ1v) is 8.48. The first kappa shape index (κ1) is 26.4. The molecule has 0 aliphatic carbocycles. The van der Waals surface area contributed by atoms with E-state index in [0.29, 0.717) is 17.0 Å². The molecule has 0 atom stereocenters. The van der Waals surface area contributed by atoms with Gasteiger partial charge in [-0.1, -0.05) is 60.8 Å². The lowest BCUT2D eigenvalue weighted by Gasteiger charge is -2.12. The Morgan fingerprint density at radius 2 is 1.50 bits per heavy atom. The Kier molecular flexibility index (Phi) is 20.4. The Bertz CT molecular complexity index is 488. The van der Waals surface area contributed by atoms with Crippen LogP contribution in [0.1, 0.15) is 48.5 Å². The third kappa shape index (κ3) is 11.1. The summed E-state index contributed by atoms with van der Waals surface area (Å²) < 4.78 is 0. The maximum atomic E-state index is 11.6. The molecule has 24 heavy (non-hydrogen) atoms. The zero-order valence-electron chi connectivity index (χ0n) is 16.4. The Hall–Kier alpha value is -2.49. The van der Waals surface area contributed by atoms with E-state index < -0.39 is 0 Å². The number of carbonyl (C=O) groups excluding carboxylic acids is 1. The van der Waals surface area contributed by atoms with Crippen LogP contribution in [0.25, 0.3) is 0 Å². The van der Waals surface area contributed by atoms with E-state index in [1.807, 2.05) is 60.6 Å². The molecule has 4 N–H and O–H groups in total. The summed E-state index contributed by atoms with van der Waals surface area (Å²) in [5, 5.41) is 5.59. The summed E-state index contributed by atoms with van der Waals surface area (Å²) in [6.45, 7) is 21.0. The summed E-state index contributed by atoms with van der Waals surface area (Å²) in [6.07, 6.45) is 3.10. The number of carbonyl (C=O) groups is 1. The lowest BCUT2D eigenvalue weighted by atomic mass is 10.1. The van der Waals surface area contributed by atoms with E-state index in [1.165, 1.54) is 6.20 Å². The number of allylic oxidation sites excluding steroid dienone is 1. The van der Waals surface area contributed by atoms with Gasteiger partial charge in [0, 0.05) is 17.1 Å². The fourth-order valence-corrected chi connectivity index (χ4v) is 1.35. The molecule has 0 aliphatic rings. The number of nitrogens with two attached hydrogens (primary N) is 1. The average Bonchev–Trinajstić information content (AvgIpc) is 2.66. The number of rotatable bonds is 5. The Morgan fingerprint density at radius 3 is 1.88 bits per heavy atom. The standard InChI is InChI=1S/C14H17N3O.3C2H6/c1-4-13(10(3)14(18)16-5-2)17-12-8-6-11(15)7-9-12;3*1-2/h4-9,17H,2-3,15H2,1H3,(H,16,18);3*1-2H3/b13-4+;;;. The minimum atomic E-state index is -0.291. The number of amides is 1. The first-order chi connectivity index (χ1) is 11.6. The fourth-order valence-electron chi connectivity index (χ4n) is 1.35. The van der Waals surface area contributed by atoms with Crippen molar-refractivity contribution in [1.29, 1.82) is 0 Å². The molecule has 4 heteroatoms. The SMILES string of the molecule is C=CNC(=O)C(=C)/C(=C\C)Nc1ccc(N)cc1.CC.CC.CC. The van der Waals surface area contributed by atoms with Crippen LogP contribution in [0.3, 0.4) is 0 Å². The summed E-state index contributed by atoms with van der Waals surface area (Å²) in [4.78, 5) is 11.6. The third-order valence-electron chi connectivity index (χ3n) is 2.31. The summed E-state index contributed by atoms with van der Waals surface area (Å²) in [7, 11) is 0. The number of hydrogen-bond donors (Lipinski definition) is 3. The summed E-state index contributed by atoms with van der Waals surface area (Å²) in [5.41, 5.74) is 8.11. The molecule has 0 spiro atoms. The molecule has 0 radical (unpaired) electrons. The number of anilines is 2. The van der Waals surface area contributed by atoms with Crippen molar-refractivity contribution in [1.82, 2.24) is 5.32 Å². The van der Waals surface area contributed by atoms with E-state index >= 15 is 0 Å². The largest absolute Gasteiger partial charge is 0.399 e. The van der Waals surface area contributed by atoms with E-state index in [1.54, 1.807) is 18.2 Å². The van der Waals surface area contributed by atoms with Gasteiger partial charge in [0.1, 0.15) is 0 Å². The summed E-state index contributed by atoms with van der Waals surface area (Å²) >= 11 is 0. The van der Waals surface area contributed by atoms with E-state index in [4.69, 9.17) is 5.73 Å². The van der Waals surface area contributed by atoms with Gasteiger partial charge in [-0.25, -0.2) is 0 Å². The second kappa shape index (κ2) is 18.6. The van der Waals surface area contributed by atoms with Crippen LogP contribution in [0.2, 0.25) is 0 Å². The van der Waals surface area contributed by atoms with Gasteiger partial charge >= 0.3 is 0 Å². The van der Waals surface area contributed by atoms with Gasteiger partial charge in [-0.05, 0) is 37.4 Å². The lowest BCUT2D eigenvalue weighted by molar-refractivity contribution is -0.116. The molecule has 136 valence electrons. The Morgan fingerprint density at radius 1 is 1.04 bits per heavy atom. The number of benzene rings is 1. The highest BCUT2D eigenvalue weighted by Crippen LogP contribution is 2.16. The van der Waals surface area contributed by atoms with Crippen molar-refractivity contribution < 1.29 is 4.79 Å². The van der Waals surface area contributed by atoms with Crippen molar-refractivity contribution in [3.63, 3.8) is 0 Å². The van der Waals surface area contributed by atoms with Crippen molar-refractivity contribution in [3.05, 3.63) is 61.0 Å². The molecule has 4 nitrogen and oxygen atoms in total. The molecular formula is C20H35N3O. The fraction of sp³-hybridized carbons (Fsp3) is 0.350. The van der Waals surface area contributed by atoms with Crippen molar-refractivity contribution in [2.45, 2.75) is 48.5 Å². The third-order valence-corrected chi connectivity index (χ3v) is 2.31. The van der Waals surface area contributed by atoms with Crippen LogP contribution >= 0.6 is 0 Å². The van der Waals surface area contributed by atoms with Crippen LogP contribution in [-0.2, 0) is 4.79 Å². The monoisotopic (exact) mass is 333 g/mol. The molecule has 0 aromatic heterocycles. The van der Waals surface area contributed by atoms with Crippen LogP contribution in [0.5, 0.6) is 0 Å².